The fourth-order valence-electron chi connectivity index (χ4n) is 2.38. The van der Waals surface area contributed by atoms with Crippen molar-refractivity contribution in [1.29, 1.82) is 0 Å². The predicted molar refractivity (Wildman–Crippen MR) is 73.7 cm³/mol. The smallest absolute Gasteiger partial charge is 0.326 e. The Bertz CT molecular complexity index is 462. The molecule has 0 aliphatic carbocycles. The van der Waals surface area contributed by atoms with Gasteiger partial charge >= 0.3 is 5.97 Å². The molecular formula is C12H22N2O5S. The number of amides is 1. The Hall–Kier alpha value is -1.15. The third-order valence-electron chi connectivity index (χ3n) is 3.37. The van der Waals surface area contributed by atoms with E-state index in [0.29, 0.717) is 32.2 Å². The van der Waals surface area contributed by atoms with Gasteiger partial charge in [0.2, 0.25) is 15.9 Å². The Labute approximate surface area is 119 Å². The number of piperidine rings is 1. The highest BCUT2D eigenvalue weighted by Gasteiger charge is 2.35. The second-order valence-electron chi connectivity index (χ2n) is 5.07. The maximum absolute atomic E-state index is 12.2. The molecule has 2 N–H and O–H groups in total. The summed E-state index contributed by atoms with van der Waals surface area (Å²) in [5.41, 5.74) is 0. The average molecular weight is 306 g/mol. The molecule has 0 saturated carbocycles. The van der Waals surface area contributed by atoms with Crippen LogP contribution >= 0.6 is 0 Å². The molecule has 8 heteroatoms. The Morgan fingerprint density at radius 1 is 1.40 bits per heavy atom. The Balaban J connectivity index is 2.80. The van der Waals surface area contributed by atoms with Crippen LogP contribution in [0.5, 0.6) is 0 Å². The second-order valence-corrected chi connectivity index (χ2v) is 7.01. The highest BCUT2D eigenvalue weighted by Crippen LogP contribution is 2.20. The van der Waals surface area contributed by atoms with E-state index in [9.17, 15) is 18.0 Å². The summed E-state index contributed by atoms with van der Waals surface area (Å²) < 4.78 is 24.5. The van der Waals surface area contributed by atoms with Gasteiger partial charge in [0, 0.05) is 6.54 Å². The zero-order valence-electron chi connectivity index (χ0n) is 11.8. The fourth-order valence-corrected chi connectivity index (χ4v) is 3.50. The van der Waals surface area contributed by atoms with E-state index in [1.807, 2.05) is 6.92 Å². The Morgan fingerprint density at radius 2 is 2.05 bits per heavy atom. The number of carboxylic acids is 1. The standard InChI is InChI=1S/C12H22N2O5S/c1-3-6-9(12(16)17)13-11(15)10-7-4-5-8-14(10)20(2,18)19/h9-10H,3-8H2,1-2H3,(H,13,15)(H,16,17)/t9-,10-/m0/s1. The number of sulfonamides is 1. The van der Waals surface area contributed by atoms with Crippen molar-refractivity contribution in [3.8, 4) is 0 Å². The number of carboxylic acid groups (broad SMARTS) is 1. The van der Waals surface area contributed by atoms with E-state index in [-0.39, 0.29) is 0 Å². The first-order valence-corrected chi connectivity index (χ1v) is 8.62. The molecule has 20 heavy (non-hydrogen) atoms. The van der Waals surface area contributed by atoms with Gasteiger partial charge in [-0.2, -0.15) is 4.31 Å². The summed E-state index contributed by atoms with van der Waals surface area (Å²) in [4.78, 5) is 23.2. The fraction of sp³-hybridized carbons (Fsp3) is 0.833. The summed E-state index contributed by atoms with van der Waals surface area (Å²) >= 11 is 0. The molecule has 0 spiro atoms. The molecule has 0 aromatic heterocycles. The van der Waals surface area contributed by atoms with Gasteiger partial charge in [-0.3, -0.25) is 4.79 Å². The van der Waals surface area contributed by atoms with Crippen molar-refractivity contribution in [2.75, 3.05) is 12.8 Å². The van der Waals surface area contributed by atoms with Crippen LogP contribution in [0.4, 0.5) is 0 Å². The first-order chi connectivity index (χ1) is 9.27. The number of carbonyl (C=O) groups excluding carboxylic acids is 1. The van der Waals surface area contributed by atoms with E-state index in [4.69, 9.17) is 5.11 Å². The van der Waals surface area contributed by atoms with Gasteiger partial charge in [-0.1, -0.05) is 19.8 Å². The summed E-state index contributed by atoms with van der Waals surface area (Å²) in [5, 5.41) is 11.5. The number of aliphatic carboxylic acids is 1. The lowest BCUT2D eigenvalue weighted by atomic mass is 10.0. The molecule has 0 aromatic carbocycles. The third-order valence-corrected chi connectivity index (χ3v) is 4.66. The predicted octanol–water partition coefficient (Wildman–Crippen LogP) is 0.170. The van der Waals surface area contributed by atoms with Crippen LogP contribution in [0.25, 0.3) is 0 Å². The van der Waals surface area contributed by atoms with E-state index in [0.717, 1.165) is 17.0 Å². The van der Waals surface area contributed by atoms with Crippen molar-refractivity contribution in [1.82, 2.24) is 9.62 Å². The van der Waals surface area contributed by atoms with Crippen LogP contribution in [-0.4, -0.2) is 54.6 Å². The van der Waals surface area contributed by atoms with Gasteiger partial charge in [0.15, 0.2) is 0 Å². The van der Waals surface area contributed by atoms with Gasteiger partial charge < -0.3 is 10.4 Å². The van der Waals surface area contributed by atoms with Gasteiger partial charge in [0.25, 0.3) is 0 Å². The zero-order chi connectivity index (χ0) is 15.3. The lowest BCUT2D eigenvalue weighted by Gasteiger charge is -2.33. The zero-order valence-corrected chi connectivity index (χ0v) is 12.6. The first-order valence-electron chi connectivity index (χ1n) is 6.77. The minimum Gasteiger partial charge on any atom is -0.480 e. The molecule has 0 aromatic rings. The van der Waals surface area contributed by atoms with Crippen LogP contribution < -0.4 is 5.32 Å². The molecule has 1 saturated heterocycles. The monoisotopic (exact) mass is 306 g/mol. The molecule has 1 heterocycles. The molecule has 1 amide bonds. The van der Waals surface area contributed by atoms with Crippen molar-refractivity contribution in [3.63, 3.8) is 0 Å². The minimum absolute atomic E-state index is 0.308. The highest BCUT2D eigenvalue weighted by atomic mass is 32.2. The molecule has 1 rings (SSSR count). The molecule has 1 aliphatic rings. The molecular weight excluding hydrogens is 284 g/mol. The first kappa shape index (κ1) is 16.9. The molecule has 2 atom stereocenters. The largest absolute Gasteiger partial charge is 0.480 e. The molecule has 1 fully saturated rings. The van der Waals surface area contributed by atoms with Gasteiger partial charge in [0.05, 0.1) is 6.26 Å². The molecule has 0 bridgehead atoms. The van der Waals surface area contributed by atoms with E-state index in [2.05, 4.69) is 5.32 Å². The van der Waals surface area contributed by atoms with Crippen LogP contribution in [0.3, 0.4) is 0 Å². The van der Waals surface area contributed by atoms with Crippen LogP contribution in [0.1, 0.15) is 39.0 Å². The van der Waals surface area contributed by atoms with Crippen LogP contribution in [0.2, 0.25) is 0 Å². The van der Waals surface area contributed by atoms with E-state index >= 15 is 0 Å². The average Bonchev–Trinajstić information content (AvgIpc) is 2.37. The number of carbonyl (C=O) groups is 2. The SMILES string of the molecule is CCC[C@H](NC(=O)[C@@H]1CCCCN1S(C)(=O)=O)C(=O)O. The van der Waals surface area contributed by atoms with Crippen molar-refractivity contribution in [2.45, 2.75) is 51.1 Å². The summed E-state index contributed by atoms with van der Waals surface area (Å²) in [6, 6.07) is -1.76. The van der Waals surface area contributed by atoms with Crippen molar-refractivity contribution in [3.05, 3.63) is 0 Å². The number of nitrogens with zero attached hydrogens (tertiary/aromatic N) is 1. The lowest BCUT2D eigenvalue weighted by molar-refractivity contribution is -0.142. The van der Waals surface area contributed by atoms with Crippen molar-refractivity contribution >= 4 is 21.9 Å². The maximum atomic E-state index is 12.2. The van der Waals surface area contributed by atoms with E-state index in [1.54, 1.807) is 0 Å². The van der Waals surface area contributed by atoms with Crippen LogP contribution in [0.15, 0.2) is 0 Å². The Morgan fingerprint density at radius 3 is 2.55 bits per heavy atom. The maximum Gasteiger partial charge on any atom is 0.326 e. The van der Waals surface area contributed by atoms with Gasteiger partial charge in [-0.05, 0) is 19.3 Å². The molecule has 1 aliphatic heterocycles. The summed E-state index contributed by atoms with van der Waals surface area (Å²) in [7, 11) is -3.46. The summed E-state index contributed by atoms with van der Waals surface area (Å²) in [6.07, 6.45) is 3.92. The number of hydrogen-bond donors (Lipinski definition) is 2. The molecule has 7 nitrogen and oxygen atoms in total. The van der Waals surface area contributed by atoms with Gasteiger partial charge in [-0.15, -0.1) is 0 Å². The number of hydrogen-bond acceptors (Lipinski definition) is 4. The van der Waals surface area contributed by atoms with Crippen LogP contribution in [-0.2, 0) is 19.6 Å². The number of rotatable bonds is 6. The molecule has 0 unspecified atom stereocenters. The van der Waals surface area contributed by atoms with Gasteiger partial charge in [-0.25, -0.2) is 13.2 Å². The van der Waals surface area contributed by atoms with Crippen molar-refractivity contribution < 1.29 is 23.1 Å². The van der Waals surface area contributed by atoms with Crippen molar-refractivity contribution in [2.24, 2.45) is 0 Å². The molecule has 116 valence electrons. The summed E-state index contributed by atoms with van der Waals surface area (Å²) in [6.45, 7) is 2.13. The highest BCUT2D eigenvalue weighted by molar-refractivity contribution is 7.88. The topological polar surface area (TPSA) is 104 Å². The third kappa shape index (κ3) is 4.45. The lowest BCUT2D eigenvalue weighted by Crippen LogP contribution is -2.54. The number of nitrogens with one attached hydrogen (secondary N) is 1. The summed E-state index contributed by atoms with van der Waals surface area (Å²) in [5.74, 6) is -1.61. The van der Waals surface area contributed by atoms with Crippen LogP contribution in [0, 0.1) is 0 Å². The van der Waals surface area contributed by atoms with E-state index < -0.39 is 34.0 Å². The normalized spacial score (nSPS) is 22.2. The minimum atomic E-state index is -3.46. The van der Waals surface area contributed by atoms with Gasteiger partial charge in [0.1, 0.15) is 12.1 Å². The van der Waals surface area contributed by atoms with E-state index in [1.165, 1.54) is 0 Å². The molecule has 0 radical (unpaired) electrons. The quantitative estimate of drug-likeness (QED) is 0.728. The second kappa shape index (κ2) is 7.03. The Kier molecular flexibility index (Phi) is 5.94.